The highest BCUT2D eigenvalue weighted by molar-refractivity contribution is 7.87. The van der Waals surface area contributed by atoms with Gasteiger partial charge in [-0.1, -0.05) is 0 Å². The van der Waals surface area contributed by atoms with Gasteiger partial charge in [0.15, 0.2) is 0 Å². The van der Waals surface area contributed by atoms with Gasteiger partial charge in [0.1, 0.15) is 19.0 Å². The fraction of sp³-hybridized carbons (Fsp3) is 0.778. The summed E-state index contributed by atoms with van der Waals surface area (Å²) in [4.78, 5) is 11.7. The van der Waals surface area contributed by atoms with Gasteiger partial charge in [-0.05, 0) is 6.42 Å². The predicted octanol–water partition coefficient (Wildman–Crippen LogP) is 0.492. The quantitative estimate of drug-likeness (QED) is 0.438. The molecular formula is C9H10F5N3O4S. The number of nitrogens with zero attached hydrogens (tertiary/aromatic N) is 3. The van der Waals surface area contributed by atoms with Gasteiger partial charge in [0, 0.05) is 13.0 Å². The number of aromatic nitrogens is 3. The number of halogens is 5. The Hall–Kier alpha value is -1.50. The van der Waals surface area contributed by atoms with Crippen molar-refractivity contribution in [2.75, 3.05) is 6.61 Å². The molecule has 0 aliphatic carbocycles. The topological polar surface area (TPSA) is 83.2 Å². The van der Waals surface area contributed by atoms with E-state index >= 15 is 0 Å². The van der Waals surface area contributed by atoms with E-state index < -0.39 is 40.4 Å². The molecule has 2 heterocycles. The summed E-state index contributed by atoms with van der Waals surface area (Å²) in [6, 6.07) is 0. The van der Waals surface area contributed by atoms with Crippen LogP contribution in [0.2, 0.25) is 0 Å². The molecule has 0 saturated heterocycles. The zero-order valence-electron chi connectivity index (χ0n) is 10.8. The second-order valence-electron chi connectivity index (χ2n) is 4.63. The fourth-order valence-corrected chi connectivity index (χ4v) is 2.35. The third kappa shape index (κ3) is 3.29. The Bertz CT molecular complexity index is 721. The van der Waals surface area contributed by atoms with Crippen molar-refractivity contribution in [1.29, 1.82) is 0 Å². The molecule has 1 aromatic heterocycles. The molecule has 22 heavy (non-hydrogen) atoms. The first kappa shape index (κ1) is 16.9. The maximum absolute atomic E-state index is 13.5. The van der Waals surface area contributed by atoms with Crippen LogP contribution in [0.4, 0.5) is 22.0 Å². The molecule has 0 bridgehead atoms. The van der Waals surface area contributed by atoms with E-state index in [1.807, 2.05) is 0 Å². The summed E-state index contributed by atoms with van der Waals surface area (Å²) in [7, 11) is -6.12. The van der Waals surface area contributed by atoms with Gasteiger partial charge in [0.05, 0.1) is 0 Å². The molecular weight excluding hydrogens is 341 g/mol. The van der Waals surface area contributed by atoms with Crippen LogP contribution in [0, 0.1) is 0 Å². The lowest BCUT2D eigenvalue weighted by atomic mass is 10.3. The van der Waals surface area contributed by atoms with Crippen LogP contribution in [0.1, 0.15) is 12.2 Å². The van der Waals surface area contributed by atoms with E-state index in [4.69, 9.17) is 0 Å². The first-order chi connectivity index (χ1) is 9.93. The Morgan fingerprint density at radius 3 is 2.41 bits per heavy atom. The van der Waals surface area contributed by atoms with Gasteiger partial charge in [-0.25, -0.2) is 18.3 Å². The van der Waals surface area contributed by atoms with Crippen molar-refractivity contribution in [3.63, 3.8) is 0 Å². The Morgan fingerprint density at radius 2 is 1.86 bits per heavy atom. The van der Waals surface area contributed by atoms with E-state index in [0.29, 0.717) is 29.9 Å². The molecule has 7 nitrogen and oxygen atoms in total. The van der Waals surface area contributed by atoms with E-state index in [2.05, 4.69) is 9.28 Å². The molecule has 1 aromatic rings. The molecule has 0 N–H and O–H groups in total. The van der Waals surface area contributed by atoms with Crippen molar-refractivity contribution in [1.82, 2.24) is 14.3 Å². The number of alkyl halides is 5. The van der Waals surface area contributed by atoms with Crippen LogP contribution in [0.3, 0.4) is 0 Å². The SMILES string of the molecule is O=c1n(CC(F)(F)COS(=O)(=O)C(F)(F)F)nc2n1CCC2. The van der Waals surface area contributed by atoms with Crippen molar-refractivity contribution in [3.8, 4) is 0 Å². The van der Waals surface area contributed by atoms with Crippen molar-refractivity contribution in [2.45, 2.75) is 37.4 Å². The Labute approximate surface area is 120 Å². The third-order valence-electron chi connectivity index (χ3n) is 2.87. The molecule has 1 aliphatic heterocycles. The number of hydrogen-bond donors (Lipinski definition) is 0. The monoisotopic (exact) mass is 351 g/mol. The minimum Gasteiger partial charge on any atom is -0.279 e. The van der Waals surface area contributed by atoms with Crippen molar-refractivity contribution < 1.29 is 34.6 Å². The third-order valence-corrected chi connectivity index (χ3v) is 3.87. The molecule has 2 rings (SSSR count). The summed E-state index contributed by atoms with van der Waals surface area (Å²) in [5, 5.41) is 3.63. The molecule has 126 valence electrons. The highest BCUT2D eigenvalue weighted by Crippen LogP contribution is 2.27. The molecule has 0 saturated carbocycles. The first-order valence-electron chi connectivity index (χ1n) is 5.93. The van der Waals surface area contributed by atoms with Crippen LogP contribution in [0.15, 0.2) is 4.79 Å². The summed E-state index contributed by atoms with van der Waals surface area (Å²) < 4.78 is 88.9. The highest BCUT2D eigenvalue weighted by atomic mass is 32.2. The normalized spacial score (nSPS) is 16.0. The Kier molecular flexibility index (Phi) is 4.06. The average Bonchev–Trinajstić information content (AvgIpc) is 2.91. The lowest BCUT2D eigenvalue weighted by molar-refractivity contribution is -0.0790. The summed E-state index contributed by atoms with van der Waals surface area (Å²) in [6.45, 7) is -3.10. The summed E-state index contributed by atoms with van der Waals surface area (Å²) in [5.41, 5.74) is -6.62. The van der Waals surface area contributed by atoms with Crippen molar-refractivity contribution in [3.05, 3.63) is 16.3 Å². The van der Waals surface area contributed by atoms with Crippen LogP contribution < -0.4 is 5.69 Å². The van der Waals surface area contributed by atoms with Gasteiger partial charge >= 0.3 is 21.3 Å². The average molecular weight is 351 g/mol. The minimum atomic E-state index is -6.12. The van der Waals surface area contributed by atoms with Gasteiger partial charge < -0.3 is 0 Å². The lowest BCUT2D eigenvalue weighted by Crippen LogP contribution is -2.38. The standard InChI is InChI=1S/C9H10F5N3O4S/c10-8(11,5-21-22(19,20)9(12,13)14)4-17-7(18)16-3-1-2-6(16)15-17/h1-5H2. The second-order valence-corrected chi connectivity index (χ2v) is 6.24. The molecule has 0 fully saturated rings. The van der Waals surface area contributed by atoms with Crippen LogP contribution in [0.25, 0.3) is 0 Å². The highest BCUT2D eigenvalue weighted by Gasteiger charge is 2.49. The lowest BCUT2D eigenvalue weighted by Gasteiger charge is -2.16. The minimum absolute atomic E-state index is 0.296. The first-order valence-corrected chi connectivity index (χ1v) is 7.34. The van der Waals surface area contributed by atoms with Crippen LogP contribution >= 0.6 is 0 Å². The van der Waals surface area contributed by atoms with Crippen molar-refractivity contribution in [2.24, 2.45) is 0 Å². The summed E-state index contributed by atoms with van der Waals surface area (Å²) in [5.74, 6) is -3.72. The van der Waals surface area contributed by atoms with Crippen molar-refractivity contribution >= 4 is 10.1 Å². The molecule has 0 radical (unpaired) electrons. The van der Waals surface area contributed by atoms with E-state index in [1.165, 1.54) is 4.57 Å². The molecule has 1 aliphatic rings. The zero-order valence-corrected chi connectivity index (χ0v) is 11.6. The van der Waals surface area contributed by atoms with E-state index in [9.17, 15) is 35.2 Å². The molecule has 0 spiro atoms. The van der Waals surface area contributed by atoms with Gasteiger partial charge in [-0.2, -0.15) is 26.7 Å². The number of hydrogen-bond acceptors (Lipinski definition) is 5. The van der Waals surface area contributed by atoms with Gasteiger partial charge in [0.2, 0.25) is 0 Å². The van der Waals surface area contributed by atoms with Crippen LogP contribution in [0.5, 0.6) is 0 Å². The van der Waals surface area contributed by atoms with Gasteiger partial charge in [-0.3, -0.25) is 8.75 Å². The van der Waals surface area contributed by atoms with Crippen LogP contribution in [-0.2, 0) is 33.8 Å². The van der Waals surface area contributed by atoms with E-state index in [0.717, 1.165) is 0 Å². The van der Waals surface area contributed by atoms with E-state index in [-0.39, 0.29) is 0 Å². The fourth-order valence-electron chi connectivity index (χ4n) is 1.89. The van der Waals surface area contributed by atoms with Gasteiger partial charge in [-0.15, -0.1) is 0 Å². The van der Waals surface area contributed by atoms with Gasteiger partial charge in [0.25, 0.3) is 5.92 Å². The van der Waals surface area contributed by atoms with E-state index in [1.54, 1.807) is 0 Å². The largest absolute Gasteiger partial charge is 0.523 e. The maximum Gasteiger partial charge on any atom is 0.523 e. The smallest absolute Gasteiger partial charge is 0.279 e. The molecule has 0 amide bonds. The second kappa shape index (κ2) is 5.30. The Balaban J connectivity index is 2.08. The Morgan fingerprint density at radius 1 is 1.23 bits per heavy atom. The number of rotatable bonds is 5. The van der Waals surface area contributed by atoms with Crippen LogP contribution in [-0.4, -0.2) is 40.8 Å². The molecule has 0 aromatic carbocycles. The zero-order chi connectivity index (χ0) is 16.8. The number of fused-ring (bicyclic) bond motifs is 1. The summed E-state index contributed by atoms with van der Waals surface area (Å²) >= 11 is 0. The molecule has 0 unspecified atom stereocenters. The molecule has 0 atom stereocenters. The molecule has 13 heteroatoms. The number of aryl methyl sites for hydroxylation is 1. The predicted molar refractivity (Wildman–Crippen MR) is 60.7 cm³/mol. The summed E-state index contributed by atoms with van der Waals surface area (Å²) in [6.07, 6.45) is 1.06. The maximum atomic E-state index is 13.5.